The molecular weight excluding hydrogens is 126 g/mol. The lowest BCUT2D eigenvalue weighted by atomic mass is 9.87. The molecule has 0 unspecified atom stereocenters. The summed E-state index contributed by atoms with van der Waals surface area (Å²) in [6.07, 6.45) is 3.63. The third-order valence-electron chi connectivity index (χ3n) is 3.29. The van der Waals surface area contributed by atoms with E-state index in [0.717, 1.165) is 18.3 Å². The van der Waals surface area contributed by atoms with Gasteiger partial charge >= 0.3 is 0 Å². The Labute approximate surface area is 61.4 Å². The smallest absolute Gasteiger partial charge is 0.0462 e. The third-order valence-corrected chi connectivity index (χ3v) is 3.29. The van der Waals surface area contributed by atoms with E-state index in [4.69, 9.17) is 10.8 Å². The molecule has 3 N–H and O–H groups in total. The molecular formula is C8H15NO. The van der Waals surface area contributed by atoms with E-state index in [-0.39, 0.29) is 0 Å². The summed E-state index contributed by atoms with van der Waals surface area (Å²) in [4.78, 5) is 0. The van der Waals surface area contributed by atoms with E-state index in [0.29, 0.717) is 18.6 Å². The van der Waals surface area contributed by atoms with Gasteiger partial charge in [-0.1, -0.05) is 0 Å². The van der Waals surface area contributed by atoms with Gasteiger partial charge in [-0.15, -0.1) is 0 Å². The Morgan fingerprint density at radius 3 is 2.40 bits per heavy atom. The van der Waals surface area contributed by atoms with Crippen LogP contribution in [0.15, 0.2) is 0 Å². The van der Waals surface area contributed by atoms with Crippen LogP contribution in [0.5, 0.6) is 0 Å². The highest BCUT2D eigenvalue weighted by Gasteiger charge is 2.43. The van der Waals surface area contributed by atoms with Crippen molar-refractivity contribution in [3.05, 3.63) is 0 Å². The van der Waals surface area contributed by atoms with Crippen LogP contribution in [-0.4, -0.2) is 17.8 Å². The molecule has 2 aliphatic carbocycles. The van der Waals surface area contributed by atoms with E-state index >= 15 is 0 Å². The van der Waals surface area contributed by atoms with Crippen molar-refractivity contribution in [3.63, 3.8) is 0 Å². The number of fused-ring (bicyclic) bond motifs is 2. The third kappa shape index (κ3) is 0.789. The first kappa shape index (κ1) is 6.62. The Bertz CT molecular complexity index is 135. The summed E-state index contributed by atoms with van der Waals surface area (Å²) >= 11 is 0. The van der Waals surface area contributed by atoms with Gasteiger partial charge in [-0.2, -0.15) is 0 Å². The van der Waals surface area contributed by atoms with Crippen LogP contribution in [0.4, 0.5) is 0 Å². The zero-order valence-corrected chi connectivity index (χ0v) is 6.16. The number of aliphatic hydroxyl groups excluding tert-OH is 1. The highest BCUT2D eigenvalue weighted by atomic mass is 16.3. The molecule has 0 aliphatic heterocycles. The molecule has 0 saturated heterocycles. The normalized spacial score (nSPS) is 52.2. The highest BCUT2D eigenvalue weighted by Crippen LogP contribution is 2.47. The maximum atomic E-state index is 8.93. The van der Waals surface area contributed by atoms with Gasteiger partial charge in [0.1, 0.15) is 0 Å². The van der Waals surface area contributed by atoms with E-state index < -0.39 is 0 Å². The lowest BCUT2D eigenvalue weighted by molar-refractivity contribution is 0.171. The van der Waals surface area contributed by atoms with Crippen molar-refractivity contribution in [2.24, 2.45) is 23.5 Å². The maximum Gasteiger partial charge on any atom is 0.0462 e. The Hall–Kier alpha value is -0.0800. The Balaban J connectivity index is 2.02. The monoisotopic (exact) mass is 141 g/mol. The fourth-order valence-electron chi connectivity index (χ4n) is 2.66. The summed E-state index contributed by atoms with van der Waals surface area (Å²) in [6.45, 7) is 0.383. The second-order valence-corrected chi connectivity index (χ2v) is 3.83. The predicted octanol–water partition coefficient (Wildman–Crippen LogP) is 0.352. The lowest BCUT2D eigenvalue weighted by Crippen LogP contribution is -2.30. The molecule has 2 heteroatoms. The topological polar surface area (TPSA) is 46.2 Å². The van der Waals surface area contributed by atoms with Crippen molar-refractivity contribution < 1.29 is 5.11 Å². The first-order valence-electron chi connectivity index (χ1n) is 4.17. The molecule has 2 saturated carbocycles. The first-order valence-corrected chi connectivity index (χ1v) is 4.17. The second kappa shape index (κ2) is 2.21. The molecule has 2 nitrogen and oxygen atoms in total. The quantitative estimate of drug-likeness (QED) is 0.553. The molecule has 2 fully saturated rings. The molecule has 2 aliphatic rings. The fourth-order valence-corrected chi connectivity index (χ4v) is 2.66. The van der Waals surface area contributed by atoms with Gasteiger partial charge in [-0.25, -0.2) is 0 Å². The SMILES string of the molecule is N[C@@H]1C[C@H]2C[C@@H]1C[C@H]2CO. The summed E-state index contributed by atoms with van der Waals surface area (Å²) in [5.74, 6) is 2.08. The van der Waals surface area contributed by atoms with Gasteiger partial charge in [-0.05, 0) is 37.0 Å². The van der Waals surface area contributed by atoms with Crippen LogP contribution in [0.25, 0.3) is 0 Å². The number of hydrogen-bond acceptors (Lipinski definition) is 2. The molecule has 10 heavy (non-hydrogen) atoms. The van der Waals surface area contributed by atoms with Gasteiger partial charge in [0.2, 0.25) is 0 Å². The van der Waals surface area contributed by atoms with Crippen LogP contribution in [0.1, 0.15) is 19.3 Å². The summed E-state index contributed by atoms with van der Waals surface area (Å²) in [5, 5.41) is 8.93. The van der Waals surface area contributed by atoms with E-state index in [1.165, 1.54) is 12.8 Å². The second-order valence-electron chi connectivity index (χ2n) is 3.83. The minimum atomic E-state index is 0.383. The highest BCUT2D eigenvalue weighted by molar-refractivity contribution is 4.96. The minimum Gasteiger partial charge on any atom is -0.396 e. The van der Waals surface area contributed by atoms with Crippen molar-refractivity contribution in [1.82, 2.24) is 0 Å². The number of aliphatic hydroxyl groups is 1. The molecule has 58 valence electrons. The van der Waals surface area contributed by atoms with Crippen LogP contribution in [0, 0.1) is 17.8 Å². The van der Waals surface area contributed by atoms with Gasteiger partial charge in [0, 0.05) is 12.6 Å². The summed E-state index contributed by atoms with van der Waals surface area (Å²) in [6, 6.07) is 0.452. The molecule has 0 aromatic carbocycles. The molecule has 0 aromatic heterocycles. The average molecular weight is 141 g/mol. The van der Waals surface area contributed by atoms with Crippen molar-refractivity contribution >= 4 is 0 Å². The van der Waals surface area contributed by atoms with E-state index in [1.807, 2.05) is 0 Å². The molecule has 0 heterocycles. The zero-order valence-electron chi connectivity index (χ0n) is 6.16. The van der Waals surface area contributed by atoms with Crippen LogP contribution in [0.2, 0.25) is 0 Å². The molecule has 0 amide bonds. The van der Waals surface area contributed by atoms with E-state index in [1.54, 1.807) is 0 Å². The van der Waals surface area contributed by atoms with Crippen LogP contribution in [0.3, 0.4) is 0 Å². The van der Waals surface area contributed by atoms with E-state index in [2.05, 4.69) is 0 Å². The number of rotatable bonds is 1. The van der Waals surface area contributed by atoms with Crippen molar-refractivity contribution in [2.45, 2.75) is 25.3 Å². The van der Waals surface area contributed by atoms with Crippen LogP contribution >= 0.6 is 0 Å². The van der Waals surface area contributed by atoms with E-state index in [9.17, 15) is 0 Å². The average Bonchev–Trinajstić information content (AvgIpc) is 2.44. The van der Waals surface area contributed by atoms with Gasteiger partial charge < -0.3 is 10.8 Å². The molecule has 2 bridgehead atoms. The largest absolute Gasteiger partial charge is 0.396 e. The van der Waals surface area contributed by atoms with Gasteiger partial charge in [-0.3, -0.25) is 0 Å². The number of nitrogens with two attached hydrogens (primary N) is 1. The minimum absolute atomic E-state index is 0.383. The van der Waals surface area contributed by atoms with Crippen LogP contribution in [-0.2, 0) is 0 Å². The molecule has 0 radical (unpaired) electrons. The van der Waals surface area contributed by atoms with Gasteiger partial charge in [0.25, 0.3) is 0 Å². The van der Waals surface area contributed by atoms with Crippen molar-refractivity contribution in [3.8, 4) is 0 Å². The van der Waals surface area contributed by atoms with Crippen molar-refractivity contribution in [2.75, 3.05) is 6.61 Å². The fraction of sp³-hybridized carbons (Fsp3) is 1.00. The predicted molar refractivity (Wildman–Crippen MR) is 39.4 cm³/mol. The van der Waals surface area contributed by atoms with Crippen LogP contribution < -0.4 is 5.73 Å². The van der Waals surface area contributed by atoms with Gasteiger partial charge in [0.05, 0.1) is 0 Å². The first-order chi connectivity index (χ1) is 4.81. The summed E-state index contributed by atoms with van der Waals surface area (Å²) in [7, 11) is 0. The number of hydrogen-bond donors (Lipinski definition) is 2. The molecule has 4 atom stereocenters. The lowest BCUT2D eigenvalue weighted by Gasteiger charge is -2.23. The molecule has 2 rings (SSSR count). The maximum absolute atomic E-state index is 8.93. The Kier molecular flexibility index (Phi) is 1.46. The van der Waals surface area contributed by atoms with Crippen molar-refractivity contribution in [1.29, 1.82) is 0 Å². The Morgan fingerprint density at radius 1 is 1.20 bits per heavy atom. The standard InChI is InChI=1S/C8H15NO/c9-8-3-5-1-6(8)2-7(5)4-10/h5-8,10H,1-4,9H2/t5-,6-,7+,8-/m1/s1. The summed E-state index contributed by atoms with van der Waals surface area (Å²) in [5.41, 5.74) is 5.86. The Morgan fingerprint density at radius 2 is 2.00 bits per heavy atom. The molecule has 0 aromatic rings. The van der Waals surface area contributed by atoms with Gasteiger partial charge in [0.15, 0.2) is 0 Å². The molecule has 0 spiro atoms. The summed E-state index contributed by atoms with van der Waals surface area (Å²) < 4.78 is 0. The zero-order chi connectivity index (χ0) is 7.14.